The van der Waals surface area contributed by atoms with E-state index in [2.05, 4.69) is 61.2 Å². The van der Waals surface area contributed by atoms with E-state index >= 15 is 0 Å². The first-order chi connectivity index (χ1) is 10.3. The molecule has 1 aliphatic rings. The SMILES string of the molecule is CCCCCCN1c2ccccc2Sc2cc(C)ccc21. The second kappa shape index (κ2) is 6.57. The van der Waals surface area contributed by atoms with Gasteiger partial charge in [0.15, 0.2) is 0 Å². The van der Waals surface area contributed by atoms with Crippen LogP contribution in [-0.2, 0) is 0 Å². The molecule has 2 aromatic carbocycles. The Bertz CT molecular complexity index is 621. The van der Waals surface area contributed by atoms with Crippen LogP contribution in [0, 0.1) is 6.92 Å². The topological polar surface area (TPSA) is 3.24 Å². The summed E-state index contributed by atoms with van der Waals surface area (Å²) < 4.78 is 0. The number of hydrogen-bond acceptors (Lipinski definition) is 2. The fourth-order valence-corrected chi connectivity index (χ4v) is 4.07. The van der Waals surface area contributed by atoms with Gasteiger partial charge in [-0.15, -0.1) is 0 Å². The lowest BCUT2D eigenvalue weighted by Gasteiger charge is -2.33. The van der Waals surface area contributed by atoms with Crippen molar-refractivity contribution in [2.24, 2.45) is 0 Å². The molecule has 0 bridgehead atoms. The summed E-state index contributed by atoms with van der Waals surface area (Å²) in [5.74, 6) is 0. The van der Waals surface area contributed by atoms with E-state index in [4.69, 9.17) is 0 Å². The molecule has 1 aliphatic heterocycles. The van der Waals surface area contributed by atoms with Crippen molar-refractivity contribution in [3.05, 3.63) is 48.0 Å². The molecule has 1 nitrogen and oxygen atoms in total. The van der Waals surface area contributed by atoms with Crippen LogP contribution in [0.25, 0.3) is 0 Å². The van der Waals surface area contributed by atoms with E-state index < -0.39 is 0 Å². The maximum Gasteiger partial charge on any atom is 0.0553 e. The quantitative estimate of drug-likeness (QED) is 0.606. The Labute approximate surface area is 132 Å². The van der Waals surface area contributed by atoms with E-state index in [9.17, 15) is 0 Å². The van der Waals surface area contributed by atoms with Crippen molar-refractivity contribution in [3.8, 4) is 0 Å². The highest BCUT2D eigenvalue weighted by Gasteiger charge is 2.22. The average molecular weight is 297 g/mol. The van der Waals surface area contributed by atoms with Gasteiger partial charge in [0, 0.05) is 16.3 Å². The smallest absolute Gasteiger partial charge is 0.0553 e. The Hall–Kier alpha value is -1.41. The molecule has 0 spiro atoms. The molecule has 3 rings (SSSR count). The van der Waals surface area contributed by atoms with Gasteiger partial charge in [0.05, 0.1) is 11.4 Å². The molecule has 0 atom stereocenters. The normalized spacial score (nSPS) is 13.0. The minimum Gasteiger partial charge on any atom is -0.340 e. The largest absolute Gasteiger partial charge is 0.340 e. The van der Waals surface area contributed by atoms with Gasteiger partial charge < -0.3 is 4.90 Å². The molecular weight excluding hydrogens is 274 g/mol. The van der Waals surface area contributed by atoms with Gasteiger partial charge in [-0.1, -0.05) is 56.1 Å². The summed E-state index contributed by atoms with van der Waals surface area (Å²) in [7, 11) is 0. The maximum atomic E-state index is 2.51. The number of aryl methyl sites for hydroxylation is 1. The molecule has 110 valence electrons. The number of unbranched alkanes of at least 4 members (excludes halogenated alkanes) is 3. The standard InChI is InChI=1S/C19H23NS/c1-3-4-5-8-13-20-16-9-6-7-10-18(16)21-19-14-15(2)11-12-17(19)20/h6-7,9-12,14H,3-5,8,13H2,1-2H3. The minimum atomic E-state index is 1.12. The van der Waals surface area contributed by atoms with E-state index in [0.717, 1.165) is 6.54 Å². The number of rotatable bonds is 5. The lowest BCUT2D eigenvalue weighted by molar-refractivity contribution is 0.665. The minimum absolute atomic E-state index is 1.12. The molecule has 0 fully saturated rings. The molecule has 0 aliphatic carbocycles. The van der Waals surface area contributed by atoms with Crippen LogP contribution in [0.5, 0.6) is 0 Å². The monoisotopic (exact) mass is 297 g/mol. The first kappa shape index (κ1) is 14.5. The summed E-state index contributed by atoms with van der Waals surface area (Å²) in [6, 6.07) is 15.6. The second-order valence-corrected chi connectivity index (χ2v) is 6.84. The third kappa shape index (κ3) is 3.11. The number of para-hydroxylation sites is 1. The molecule has 2 heteroatoms. The fraction of sp³-hybridized carbons (Fsp3) is 0.368. The van der Waals surface area contributed by atoms with Gasteiger partial charge in [-0.25, -0.2) is 0 Å². The molecule has 0 saturated heterocycles. The average Bonchev–Trinajstić information content (AvgIpc) is 2.50. The van der Waals surface area contributed by atoms with Gasteiger partial charge in [0.2, 0.25) is 0 Å². The second-order valence-electron chi connectivity index (χ2n) is 5.75. The zero-order valence-corrected chi connectivity index (χ0v) is 13.7. The first-order valence-electron chi connectivity index (χ1n) is 7.94. The molecule has 0 unspecified atom stereocenters. The van der Waals surface area contributed by atoms with Crippen LogP contribution in [0.15, 0.2) is 52.3 Å². The van der Waals surface area contributed by atoms with Crippen LogP contribution in [-0.4, -0.2) is 6.54 Å². The number of fused-ring (bicyclic) bond motifs is 2. The van der Waals surface area contributed by atoms with Crippen LogP contribution in [0.4, 0.5) is 11.4 Å². The summed E-state index contributed by atoms with van der Waals surface area (Å²) in [5, 5.41) is 0. The Morgan fingerprint density at radius 3 is 2.57 bits per heavy atom. The lowest BCUT2D eigenvalue weighted by Crippen LogP contribution is -2.21. The van der Waals surface area contributed by atoms with Gasteiger partial charge in [0.25, 0.3) is 0 Å². The van der Waals surface area contributed by atoms with Crippen molar-refractivity contribution in [3.63, 3.8) is 0 Å². The van der Waals surface area contributed by atoms with E-state index in [-0.39, 0.29) is 0 Å². The molecule has 1 heterocycles. The molecule has 0 N–H and O–H groups in total. The van der Waals surface area contributed by atoms with Crippen molar-refractivity contribution in [2.75, 3.05) is 11.4 Å². The summed E-state index contributed by atoms with van der Waals surface area (Å²) in [4.78, 5) is 5.28. The van der Waals surface area contributed by atoms with E-state index in [1.807, 2.05) is 11.8 Å². The Morgan fingerprint density at radius 2 is 1.71 bits per heavy atom. The first-order valence-corrected chi connectivity index (χ1v) is 8.76. The molecule has 0 amide bonds. The van der Waals surface area contributed by atoms with Crippen molar-refractivity contribution < 1.29 is 0 Å². The molecule has 0 saturated carbocycles. The number of anilines is 2. The van der Waals surface area contributed by atoms with Crippen LogP contribution in [0.2, 0.25) is 0 Å². The van der Waals surface area contributed by atoms with Crippen molar-refractivity contribution >= 4 is 23.1 Å². The summed E-state index contributed by atoms with van der Waals surface area (Å²) in [5.41, 5.74) is 4.09. The highest BCUT2D eigenvalue weighted by molar-refractivity contribution is 7.99. The van der Waals surface area contributed by atoms with Crippen LogP contribution in [0.3, 0.4) is 0 Å². The van der Waals surface area contributed by atoms with Crippen molar-refractivity contribution in [2.45, 2.75) is 49.3 Å². The Morgan fingerprint density at radius 1 is 0.905 bits per heavy atom. The predicted molar refractivity (Wildman–Crippen MR) is 92.9 cm³/mol. The Balaban J connectivity index is 1.90. The van der Waals surface area contributed by atoms with Gasteiger partial charge in [-0.2, -0.15) is 0 Å². The van der Waals surface area contributed by atoms with Gasteiger partial charge in [-0.3, -0.25) is 0 Å². The molecule has 21 heavy (non-hydrogen) atoms. The maximum absolute atomic E-state index is 2.51. The Kier molecular flexibility index (Phi) is 4.54. The van der Waals surface area contributed by atoms with Crippen molar-refractivity contribution in [1.82, 2.24) is 0 Å². The molecule has 0 aromatic heterocycles. The molecule has 2 aromatic rings. The lowest BCUT2D eigenvalue weighted by atomic mass is 10.1. The van der Waals surface area contributed by atoms with Gasteiger partial charge in [-0.05, 0) is 43.2 Å². The summed E-state index contributed by atoms with van der Waals surface area (Å²) >= 11 is 1.90. The zero-order valence-electron chi connectivity index (χ0n) is 12.9. The zero-order chi connectivity index (χ0) is 14.7. The van der Waals surface area contributed by atoms with E-state index in [0.29, 0.717) is 0 Å². The van der Waals surface area contributed by atoms with Crippen LogP contribution in [0.1, 0.15) is 38.2 Å². The van der Waals surface area contributed by atoms with Crippen molar-refractivity contribution in [1.29, 1.82) is 0 Å². The van der Waals surface area contributed by atoms with Crippen LogP contribution < -0.4 is 4.90 Å². The third-order valence-electron chi connectivity index (χ3n) is 4.02. The summed E-state index contributed by atoms with van der Waals surface area (Å²) in [6.07, 6.45) is 5.22. The highest BCUT2D eigenvalue weighted by Crippen LogP contribution is 2.48. The number of hydrogen-bond donors (Lipinski definition) is 0. The summed E-state index contributed by atoms with van der Waals surface area (Å²) in [6.45, 7) is 5.56. The predicted octanol–water partition coefficient (Wildman–Crippen LogP) is 6.18. The fourth-order valence-electron chi connectivity index (χ4n) is 2.88. The third-order valence-corrected chi connectivity index (χ3v) is 5.13. The highest BCUT2D eigenvalue weighted by atomic mass is 32.2. The molecular formula is C19H23NS. The van der Waals surface area contributed by atoms with Gasteiger partial charge >= 0.3 is 0 Å². The molecule has 0 radical (unpaired) electrons. The van der Waals surface area contributed by atoms with Crippen LogP contribution >= 0.6 is 11.8 Å². The number of benzene rings is 2. The van der Waals surface area contributed by atoms with E-state index in [1.165, 1.54) is 52.4 Å². The number of nitrogens with zero attached hydrogens (tertiary/aromatic N) is 1. The van der Waals surface area contributed by atoms with Gasteiger partial charge in [0.1, 0.15) is 0 Å². The van der Waals surface area contributed by atoms with E-state index in [1.54, 1.807) is 0 Å².